The fourth-order valence-electron chi connectivity index (χ4n) is 4.15. The summed E-state index contributed by atoms with van der Waals surface area (Å²) in [4.78, 5) is 23.9. The Bertz CT molecular complexity index is 1280. The standard InChI is InChI=1S/C25H37N7O4S/c1-5-7-12-31(13-8-6-2)37(35,36)29-20-9-10-24-23(15-20)22(19(3)28-24)11-14-30(4)18-25-26-16-21(17-27-25)32(33)34/h9-10,15-17,28-29H,5-8,11-14,18H2,1-4H3. The van der Waals surface area contributed by atoms with Crippen LogP contribution in [-0.4, -0.2) is 64.2 Å². The van der Waals surface area contributed by atoms with Crippen molar-refractivity contribution in [2.75, 3.05) is 31.4 Å². The molecule has 3 aromatic rings. The van der Waals surface area contributed by atoms with E-state index < -0.39 is 15.1 Å². The number of likely N-dealkylation sites (N-methyl/N-ethyl adjacent to an activating group) is 1. The molecule has 0 aliphatic heterocycles. The number of nitro groups is 1. The highest BCUT2D eigenvalue weighted by Gasteiger charge is 2.21. The van der Waals surface area contributed by atoms with E-state index in [2.05, 4.69) is 33.5 Å². The first kappa shape index (κ1) is 28.5. The zero-order valence-electron chi connectivity index (χ0n) is 22.0. The van der Waals surface area contributed by atoms with Crippen LogP contribution in [0, 0.1) is 17.0 Å². The smallest absolute Gasteiger partial charge is 0.305 e. The Balaban J connectivity index is 1.72. The third-order valence-electron chi connectivity index (χ3n) is 6.29. The van der Waals surface area contributed by atoms with E-state index in [0.29, 0.717) is 37.7 Å². The van der Waals surface area contributed by atoms with E-state index in [0.717, 1.165) is 54.3 Å². The van der Waals surface area contributed by atoms with Gasteiger partial charge in [0.25, 0.3) is 0 Å². The SMILES string of the molecule is CCCCN(CCCC)S(=O)(=O)Nc1ccc2[nH]c(C)c(CCN(C)Cc3ncc([N+](=O)[O-])cn3)c2c1. The first-order valence-electron chi connectivity index (χ1n) is 12.7. The molecule has 0 atom stereocenters. The molecule has 2 N–H and O–H groups in total. The minimum Gasteiger partial charge on any atom is -0.358 e. The molecule has 0 saturated heterocycles. The number of hydrogen-bond acceptors (Lipinski definition) is 7. The fourth-order valence-corrected chi connectivity index (χ4v) is 5.44. The Labute approximate surface area is 218 Å². The molecule has 3 rings (SSSR count). The van der Waals surface area contributed by atoms with Gasteiger partial charge in [-0.2, -0.15) is 12.7 Å². The predicted molar refractivity (Wildman–Crippen MR) is 146 cm³/mol. The zero-order chi connectivity index (χ0) is 27.0. The molecule has 1 aromatic carbocycles. The minimum atomic E-state index is -3.65. The molecule has 2 heterocycles. The van der Waals surface area contributed by atoms with E-state index in [4.69, 9.17) is 0 Å². The van der Waals surface area contributed by atoms with Crippen molar-refractivity contribution in [3.63, 3.8) is 0 Å². The lowest BCUT2D eigenvalue weighted by Gasteiger charge is -2.22. The minimum absolute atomic E-state index is 0.133. The van der Waals surface area contributed by atoms with Crippen LogP contribution in [0.25, 0.3) is 10.9 Å². The van der Waals surface area contributed by atoms with Gasteiger partial charge in [0.15, 0.2) is 0 Å². The average molecular weight is 532 g/mol. The summed E-state index contributed by atoms with van der Waals surface area (Å²) in [6.07, 6.45) is 6.67. The van der Waals surface area contributed by atoms with Crippen LogP contribution in [-0.2, 0) is 23.2 Å². The highest BCUT2D eigenvalue weighted by Crippen LogP contribution is 2.27. The molecule has 0 spiro atoms. The lowest BCUT2D eigenvalue weighted by molar-refractivity contribution is -0.385. The number of aryl methyl sites for hydroxylation is 1. The van der Waals surface area contributed by atoms with Crippen molar-refractivity contribution < 1.29 is 13.3 Å². The largest absolute Gasteiger partial charge is 0.358 e. The molecule has 11 nitrogen and oxygen atoms in total. The van der Waals surface area contributed by atoms with E-state index >= 15 is 0 Å². The van der Waals surface area contributed by atoms with Gasteiger partial charge in [0.1, 0.15) is 18.2 Å². The van der Waals surface area contributed by atoms with Gasteiger partial charge in [-0.3, -0.25) is 19.7 Å². The molecule has 37 heavy (non-hydrogen) atoms. The molecule has 0 fully saturated rings. The molecule has 0 saturated carbocycles. The molecule has 0 aliphatic rings. The van der Waals surface area contributed by atoms with Crippen LogP contribution in [0.2, 0.25) is 0 Å². The average Bonchev–Trinajstić information content (AvgIpc) is 3.16. The Morgan fingerprint density at radius 1 is 1.08 bits per heavy atom. The number of nitrogens with zero attached hydrogens (tertiary/aromatic N) is 5. The number of nitrogens with one attached hydrogen (secondary N) is 2. The Hall–Kier alpha value is -3.09. The first-order chi connectivity index (χ1) is 17.6. The maximum absolute atomic E-state index is 13.1. The van der Waals surface area contributed by atoms with Gasteiger partial charge >= 0.3 is 15.9 Å². The van der Waals surface area contributed by atoms with Gasteiger partial charge in [-0.1, -0.05) is 26.7 Å². The second-order valence-electron chi connectivity index (χ2n) is 9.30. The molecule has 0 amide bonds. The van der Waals surface area contributed by atoms with Crippen LogP contribution in [0.1, 0.15) is 56.6 Å². The van der Waals surface area contributed by atoms with Gasteiger partial charge in [-0.25, -0.2) is 9.97 Å². The molecular weight excluding hydrogens is 494 g/mol. The highest BCUT2D eigenvalue weighted by molar-refractivity contribution is 7.90. The molecule has 0 radical (unpaired) electrons. The second-order valence-corrected chi connectivity index (χ2v) is 11.0. The monoisotopic (exact) mass is 531 g/mol. The maximum Gasteiger partial charge on any atom is 0.305 e. The van der Waals surface area contributed by atoms with Crippen LogP contribution in [0.4, 0.5) is 11.4 Å². The van der Waals surface area contributed by atoms with E-state index in [1.165, 1.54) is 12.4 Å². The van der Waals surface area contributed by atoms with Crippen molar-refractivity contribution in [2.45, 2.75) is 59.4 Å². The van der Waals surface area contributed by atoms with Gasteiger partial charge in [-0.05, 0) is 57.0 Å². The molecule has 0 unspecified atom stereocenters. The summed E-state index contributed by atoms with van der Waals surface area (Å²) in [5, 5.41) is 11.8. The summed E-state index contributed by atoms with van der Waals surface area (Å²) in [6, 6.07) is 5.58. The van der Waals surface area contributed by atoms with Crippen LogP contribution in [0.5, 0.6) is 0 Å². The topological polar surface area (TPSA) is 137 Å². The summed E-state index contributed by atoms with van der Waals surface area (Å²) in [7, 11) is -1.71. The summed E-state index contributed by atoms with van der Waals surface area (Å²) < 4.78 is 30.6. The van der Waals surface area contributed by atoms with Crippen molar-refractivity contribution in [3.8, 4) is 0 Å². The molecule has 0 aliphatic carbocycles. The second kappa shape index (κ2) is 12.9. The van der Waals surface area contributed by atoms with Crippen LogP contribution in [0.3, 0.4) is 0 Å². The quantitative estimate of drug-likeness (QED) is 0.219. The summed E-state index contributed by atoms with van der Waals surface area (Å²) in [5.74, 6) is 0.510. The van der Waals surface area contributed by atoms with Crippen molar-refractivity contribution in [2.24, 2.45) is 0 Å². The van der Waals surface area contributed by atoms with Crippen molar-refractivity contribution >= 4 is 32.5 Å². The Morgan fingerprint density at radius 3 is 2.32 bits per heavy atom. The van der Waals surface area contributed by atoms with Crippen LogP contribution < -0.4 is 4.72 Å². The summed E-state index contributed by atoms with van der Waals surface area (Å²) >= 11 is 0. The number of aromatic amines is 1. The van der Waals surface area contributed by atoms with E-state index in [9.17, 15) is 18.5 Å². The number of hydrogen-bond donors (Lipinski definition) is 2. The summed E-state index contributed by atoms with van der Waals surface area (Å²) in [5.41, 5.74) is 3.50. The lowest BCUT2D eigenvalue weighted by Crippen LogP contribution is -2.37. The number of fused-ring (bicyclic) bond motifs is 1. The maximum atomic E-state index is 13.1. The van der Waals surface area contributed by atoms with Crippen LogP contribution in [0.15, 0.2) is 30.6 Å². The predicted octanol–water partition coefficient (Wildman–Crippen LogP) is 4.41. The van der Waals surface area contributed by atoms with Crippen molar-refractivity contribution in [1.82, 2.24) is 24.2 Å². The van der Waals surface area contributed by atoms with Gasteiger partial charge in [0, 0.05) is 36.2 Å². The third-order valence-corrected chi connectivity index (χ3v) is 7.82. The van der Waals surface area contributed by atoms with Gasteiger partial charge in [0.2, 0.25) is 0 Å². The number of rotatable bonds is 15. The van der Waals surface area contributed by atoms with Gasteiger partial charge in [-0.15, -0.1) is 0 Å². The molecular formula is C25H37N7O4S. The first-order valence-corrected chi connectivity index (χ1v) is 14.1. The number of unbranched alkanes of at least 4 members (excludes halogenated alkanes) is 2. The lowest BCUT2D eigenvalue weighted by atomic mass is 10.1. The molecule has 202 valence electrons. The normalized spacial score (nSPS) is 12.1. The highest BCUT2D eigenvalue weighted by atomic mass is 32.2. The van der Waals surface area contributed by atoms with E-state index in [1.54, 1.807) is 10.4 Å². The third kappa shape index (κ3) is 7.70. The van der Waals surface area contributed by atoms with Gasteiger partial charge in [0.05, 0.1) is 17.2 Å². The van der Waals surface area contributed by atoms with Crippen LogP contribution >= 0.6 is 0 Å². The van der Waals surface area contributed by atoms with Gasteiger partial charge < -0.3 is 4.98 Å². The molecule has 0 bridgehead atoms. The zero-order valence-corrected chi connectivity index (χ0v) is 22.8. The molecule has 12 heteroatoms. The Morgan fingerprint density at radius 2 is 1.73 bits per heavy atom. The Kier molecular flexibility index (Phi) is 9.95. The number of H-pyrrole nitrogens is 1. The van der Waals surface area contributed by atoms with Crippen molar-refractivity contribution in [3.05, 3.63) is 57.8 Å². The molecule has 2 aromatic heterocycles. The number of aromatic nitrogens is 3. The number of benzene rings is 1. The fraction of sp³-hybridized carbons (Fsp3) is 0.520. The summed E-state index contributed by atoms with van der Waals surface area (Å²) in [6.45, 7) is 8.29. The van der Waals surface area contributed by atoms with E-state index in [1.807, 2.05) is 31.0 Å². The van der Waals surface area contributed by atoms with Crippen molar-refractivity contribution in [1.29, 1.82) is 0 Å². The van der Waals surface area contributed by atoms with E-state index in [-0.39, 0.29) is 5.69 Å². The number of anilines is 1.